The van der Waals surface area contributed by atoms with E-state index in [1.807, 2.05) is 17.0 Å². The maximum Gasteiger partial charge on any atom is 0.228 e. The van der Waals surface area contributed by atoms with Crippen LogP contribution in [0.5, 0.6) is 11.5 Å². The van der Waals surface area contributed by atoms with Crippen LogP contribution in [-0.2, 0) is 17.8 Å². The summed E-state index contributed by atoms with van der Waals surface area (Å²) in [6.07, 6.45) is 0.877. The first-order valence-electron chi connectivity index (χ1n) is 6.96. The Hall–Kier alpha value is -1.46. The van der Waals surface area contributed by atoms with Crippen LogP contribution in [0.1, 0.15) is 11.1 Å². The molecule has 1 fully saturated rings. The molecule has 0 aromatic heterocycles. The van der Waals surface area contributed by atoms with E-state index in [0.29, 0.717) is 6.54 Å². The summed E-state index contributed by atoms with van der Waals surface area (Å²) in [5.41, 5.74) is 2.41. The lowest BCUT2D eigenvalue weighted by atomic mass is 9.95. The van der Waals surface area contributed by atoms with Gasteiger partial charge in [-0.05, 0) is 29.7 Å². The summed E-state index contributed by atoms with van der Waals surface area (Å²) in [7, 11) is 3.28. The standard InChI is InChI=1S/C15H20N2O3.ClH/c1-19-13-5-10-3-4-17(15(18)12-7-16-8-12)9-11(10)6-14(13)20-2;/h5-6,12,16H,3-4,7-9H2,1-2H3;1H. The molecule has 1 saturated heterocycles. The quantitative estimate of drug-likeness (QED) is 0.912. The largest absolute Gasteiger partial charge is 0.493 e. The number of hydrogen-bond donors (Lipinski definition) is 1. The molecule has 1 aromatic carbocycles. The number of amides is 1. The van der Waals surface area contributed by atoms with Gasteiger partial charge in [0.05, 0.1) is 20.1 Å². The Kier molecular flexibility index (Phi) is 4.96. The van der Waals surface area contributed by atoms with Gasteiger partial charge in [-0.2, -0.15) is 0 Å². The lowest BCUT2D eigenvalue weighted by Crippen LogP contribution is -2.52. The van der Waals surface area contributed by atoms with Crippen LogP contribution in [0.3, 0.4) is 0 Å². The Morgan fingerprint density at radius 1 is 1.19 bits per heavy atom. The van der Waals surface area contributed by atoms with E-state index in [2.05, 4.69) is 5.32 Å². The summed E-state index contributed by atoms with van der Waals surface area (Å²) in [5, 5.41) is 3.15. The smallest absolute Gasteiger partial charge is 0.228 e. The van der Waals surface area contributed by atoms with Crippen LogP contribution >= 0.6 is 12.4 Å². The molecule has 1 aromatic rings. The van der Waals surface area contributed by atoms with Crippen molar-refractivity contribution in [2.45, 2.75) is 13.0 Å². The molecular weight excluding hydrogens is 292 g/mol. The Balaban J connectivity index is 0.00000161. The number of ether oxygens (including phenoxy) is 2. The Morgan fingerprint density at radius 2 is 1.81 bits per heavy atom. The molecule has 6 heteroatoms. The average Bonchev–Trinajstić information content (AvgIpc) is 2.43. The predicted molar refractivity (Wildman–Crippen MR) is 82.3 cm³/mol. The molecule has 116 valence electrons. The van der Waals surface area contributed by atoms with Crippen molar-refractivity contribution >= 4 is 18.3 Å². The first kappa shape index (κ1) is 15.9. The van der Waals surface area contributed by atoms with E-state index in [1.165, 1.54) is 5.56 Å². The Labute approximate surface area is 131 Å². The van der Waals surface area contributed by atoms with Gasteiger partial charge in [-0.1, -0.05) is 0 Å². The van der Waals surface area contributed by atoms with Crippen LogP contribution in [0.15, 0.2) is 12.1 Å². The molecule has 2 heterocycles. The molecule has 0 bridgehead atoms. The Bertz CT molecular complexity index is 532. The summed E-state index contributed by atoms with van der Waals surface area (Å²) in [6, 6.07) is 4.02. The summed E-state index contributed by atoms with van der Waals surface area (Å²) in [4.78, 5) is 14.3. The molecule has 2 aliphatic heterocycles. The van der Waals surface area contributed by atoms with Gasteiger partial charge in [0.1, 0.15) is 0 Å². The number of nitrogens with zero attached hydrogens (tertiary/aromatic N) is 1. The first-order chi connectivity index (χ1) is 9.72. The molecule has 0 atom stereocenters. The summed E-state index contributed by atoms with van der Waals surface area (Å²) >= 11 is 0. The molecule has 0 aliphatic carbocycles. The molecule has 2 aliphatic rings. The van der Waals surface area contributed by atoms with Crippen molar-refractivity contribution in [3.05, 3.63) is 23.3 Å². The molecule has 0 unspecified atom stereocenters. The molecule has 1 N–H and O–H groups in total. The van der Waals surface area contributed by atoms with Gasteiger partial charge in [0, 0.05) is 26.2 Å². The normalized spacial score (nSPS) is 17.3. The highest BCUT2D eigenvalue weighted by Crippen LogP contribution is 2.33. The second-order valence-electron chi connectivity index (χ2n) is 5.34. The van der Waals surface area contributed by atoms with Crippen LogP contribution in [0, 0.1) is 5.92 Å². The van der Waals surface area contributed by atoms with Crippen molar-refractivity contribution in [1.29, 1.82) is 0 Å². The highest BCUT2D eigenvalue weighted by atomic mass is 35.5. The second-order valence-corrected chi connectivity index (χ2v) is 5.34. The molecule has 1 amide bonds. The number of fused-ring (bicyclic) bond motifs is 1. The van der Waals surface area contributed by atoms with Crippen LogP contribution in [-0.4, -0.2) is 44.7 Å². The third kappa shape index (κ3) is 2.94. The predicted octanol–water partition coefficient (Wildman–Crippen LogP) is 1.23. The van der Waals surface area contributed by atoms with Gasteiger partial charge < -0.3 is 19.7 Å². The summed E-state index contributed by atoms with van der Waals surface area (Å²) in [5.74, 6) is 1.92. The molecule has 5 nitrogen and oxygen atoms in total. The number of nitrogens with one attached hydrogen (secondary N) is 1. The van der Waals surface area contributed by atoms with Crippen molar-refractivity contribution in [2.24, 2.45) is 5.92 Å². The van der Waals surface area contributed by atoms with E-state index < -0.39 is 0 Å². The molecule has 21 heavy (non-hydrogen) atoms. The maximum absolute atomic E-state index is 12.3. The lowest BCUT2D eigenvalue weighted by molar-refractivity contribution is -0.138. The SMILES string of the molecule is COc1cc2c(cc1OC)CN(C(=O)C1CNC1)CC2.Cl. The zero-order valence-corrected chi connectivity index (χ0v) is 13.2. The van der Waals surface area contributed by atoms with Crippen LogP contribution in [0.4, 0.5) is 0 Å². The highest BCUT2D eigenvalue weighted by molar-refractivity contribution is 5.85. The average molecular weight is 313 g/mol. The van der Waals surface area contributed by atoms with Crippen molar-refractivity contribution in [3.63, 3.8) is 0 Å². The fourth-order valence-electron chi connectivity index (χ4n) is 2.79. The number of benzene rings is 1. The number of hydrogen-bond acceptors (Lipinski definition) is 4. The maximum atomic E-state index is 12.3. The molecule has 0 saturated carbocycles. The number of carbonyl (C=O) groups is 1. The van der Waals surface area contributed by atoms with E-state index in [9.17, 15) is 4.79 Å². The minimum Gasteiger partial charge on any atom is -0.493 e. The summed E-state index contributed by atoms with van der Waals surface area (Å²) < 4.78 is 10.7. The third-order valence-corrected chi connectivity index (χ3v) is 4.16. The summed E-state index contributed by atoms with van der Waals surface area (Å²) in [6.45, 7) is 3.09. The van der Waals surface area contributed by atoms with E-state index in [4.69, 9.17) is 9.47 Å². The van der Waals surface area contributed by atoms with E-state index in [0.717, 1.165) is 43.1 Å². The van der Waals surface area contributed by atoms with Gasteiger partial charge in [0.25, 0.3) is 0 Å². The van der Waals surface area contributed by atoms with Crippen molar-refractivity contribution in [2.75, 3.05) is 33.9 Å². The van der Waals surface area contributed by atoms with Crippen LogP contribution in [0.2, 0.25) is 0 Å². The zero-order chi connectivity index (χ0) is 14.1. The van der Waals surface area contributed by atoms with Gasteiger partial charge in [0.15, 0.2) is 11.5 Å². The molecule has 0 radical (unpaired) electrons. The fourth-order valence-corrected chi connectivity index (χ4v) is 2.79. The zero-order valence-electron chi connectivity index (χ0n) is 12.3. The molecule has 0 spiro atoms. The van der Waals surface area contributed by atoms with Gasteiger partial charge in [-0.25, -0.2) is 0 Å². The molecule has 3 rings (SSSR count). The van der Waals surface area contributed by atoms with Crippen molar-refractivity contribution in [3.8, 4) is 11.5 Å². The van der Waals surface area contributed by atoms with Crippen molar-refractivity contribution < 1.29 is 14.3 Å². The van der Waals surface area contributed by atoms with Crippen LogP contribution in [0.25, 0.3) is 0 Å². The second kappa shape index (κ2) is 6.54. The van der Waals surface area contributed by atoms with E-state index in [1.54, 1.807) is 14.2 Å². The lowest BCUT2D eigenvalue weighted by Gasteiger charge is -2.35. The van der Waals surface area contributed by atoms with Gasteiger partial charge in [-0.3, -0.25) is 4.79 Å². The third-order valence-electron chi connectivity index (χ3n) is 4.16. The van der Waals surface area contributed by atoms with Gasteiger partial charge in [0.2, 0.25) is 5.91 Å². The number of rotatable bonds is 3. The number of halogens is 1. The van der Waals surface area contributed by atoms with Gasteiger partial charge >= 0.3 is 0 Å². The monoisotopic (exact) mass is 312 g/mol. The number of carbonyl (C=O) groups excluding carboxylic acids is 1. The Morgan fingerprint density at radius 3 is 2.33 bits per heavy atom. The van der Waals surface area contributed by atoms with Gasteiger partial charge in [-0.15, -0.1) is 12.4 Å². The topological polar surface area (TPSA) is 50.8 Å². The van der Waals surface area contributed by atoms with E-state index >= 15 is 0 Å². The molecular formula is C15H21ClN2O3. The minimum absolute atomic E-state index is 0. The van der Waals surface area contributed by atoms with Crippen LogP contribution < -0.4 is 14.8 Å². The highest BCUT2D eigenvalue weighted by Gasteiger charge is 2.31. The van der Waals surface area contributed by atoms with E-state index in [-0.39, 0.29) is 24.2 Å². The fraction of sp³-hybridized carbons (Fsp3) is 0.533. The minimum atomic E-state index is 0. The van der Waals surface area contributed by atoms with Crippen molar-refractivity contribution in [1.82, 2.24) is 10.2 Å². The number of methoxy groups -OCH3 is 2. The first-order valence-corrected chi connectivity index (χ1v) is 6.96.